The number of benzene rings is 3. The van der Waals surface area contributed by atoms with Crippen LogP contribution in [0, 0.1) is 0 Å². The van der Waals surface area contributed by atoms with Crippen molar-refractivity contribution in [1.82, 2.24) is 0 Å². The fourth-order valence-electron chi connectivity index (χ4n) is 2.47. The number of carbonyl (C=O) groups excluding carboxylic acids is 1. The second-order valence-corrected chi connectivity index (χ2v) is 6.68. The molecule has 27 heavy (non-hydrogen) atoms. The molecule has 0 saturated heterocycles. The molecule has 0 atom stereocenters. The average molecular weight is 380 g/mol. The van der Waals surface area contributed by atoms with E-state index in [9.17, 15) is 4.79 Å². The average Bonchev–Trinajstić information content (AvgIpc) is 2.70. The predicted molar refractivity (Wildman–Crippen MR) is 109 cm³/mol. The molecule has 0 bridgehead atoms. The lowest BCUT2D eigenvalue weighted by atomic mass is 10.2. The first kappa shape index (κ1) is 18.7. The highest BCUT2D eigenvalue weighted by molar-refractivity contribution is 7.99. The topological polar surface area (TPSA) is 59.6 Å². The summed E-state index contributed by atoms with van der Waals surface area (Å²) in [5, 5.41) is 5.72. The summed E-state index contributed by atoms with van der Waals surface area (Å²) in [5.41, 5.74) is 1.35. The van der Waals surface area contributed by atoms with E-state index in [-0.39, 0.29) is 6.03 Å². The third-order valence-corrected chi connectivity index (χ3v) is 4.83. The number of carbonyl (C=O) groups is 1. The van der Waals surface area contributed by atoms with E-state index >= 15 is 0 Å². The summed E-state index contributed by atoms with van der Waals surface area (Å²) in [5.74, 6) is 1.16. The van der Waals surface area contributed by atoms with Crippen molar-refractivity contribution in [2.75, 3.05) is 24.9 Å². The number of urea groups is 1. The normalized spacial score (nSPS) is 10.1. The van der Waals surface area contributed by atoms with Gasteiger partial charge in [0.25, 0.3) is 0 Å². The number of hydrogen-bond acceptors (Lipinski definition) is 4. The fourth-order valence-corrected chi connectivity index (χ4v) is 3.40. The number of nitrogens with one attached hydrogen (secondary N) is 2. The summed E-state index contributed by atoms with van der Waals surface area (Å²) in [7, 11) is 3.12. The maximum absolute atomic E-state index is 12.4. The van der Waals surface area contributed by atoms with E-state index in [1.54, 1.807) is 44.2 Å². The number of hydrogen-bond donors (Lipinski definition) is 2. The highest BCUT2D eigenvalue weighted by Gasteiger charge is 2.10. The molecular formula is C21H20N2O3S. The lowest BCUT2D eigenvalue weighted by Crippen LogP contribution is -2.19. The van der Waals surface area contributed by atoms with Gasteiger partial charge in [-0.1, -0.05) is 42.1 Å². The fraction of sp³-hybridized carbons (Fsp3) is 0.0952. The highest BCUT2D eigenvalue weighted by atomic mass is 32.2. The minimum absolute atomic E-state index is 0.330. The molecule has 2 N–H and O–H groups in total. The minimum Gasteiger partial charge on any atom is -0.493 e. The Morgan fingerprint density at radius 3 is 2.26 bits per heavy atom. The van der Waals surface area contributed by atoms with Gasteiger partial charge in [-0.25, -0.2) is 4.79 Å². The van der Waals surface area contributed by atoms with Crippen LogP contribution in [0.25, 0.3) is 0 Å². The van der Waals surface area contributed by atoms with Gasteiger partial charge in [-0.2, -0.15) is 0 Å². The third kappa shape index (κ3) is 4.95. The van der Waals surface area contributed by atoms with E-state index in [0.29, 0.717) is 17.2 Å². The largest absolute Gasteiger partial charge is 0.493 e. The van der Waals surface area contributed by atoms with Crippen molar-refractivity contribution >= 4 is 29.2 Å². The molecule has 0 aromatic heterocycles. The summed E-state index contributed by atoms with van der Waals surface area (Å²) in [6.07, 6.45) is 0. The molecule has 0 aliphatic carbocycles. The van der Waals surface area contributed by atoms with E-state index in [1.165, 1.54) is 0 Å². The van der Waals surface area contributed by atoms with Crippen molar-refractivity contribution in [3.63, 3.8) is 0 Å². The van der Waals surface area contributed by atoms with Gasteiger partial charge in [-0.3, -0.25) is 0 Å². The van der Waals surface area contributed by atoms with Gasteiger partial charge < -0.3 is 20.1 Å². The zero-order valence-corrected chi connectivity index (χ0v) is 15.9. The van der Waals surface area contributed by atoms with E-state index in [0.717, 1.165) is 15.5 Å². The Balaban J connectivity index is 1.71. The zero-order valence-electron chi connectivity index (χ0n) is 15.1. The number of ether oxygens (including phenoxy) is 2. The van der Waals surface area contributed by atoms with Gasteiger partial charge in [-0.05, 0) is 36.4 Å². The molecule has 3 rings (SSSR count). The second kappa shape index (κ2) is 9.00. The summed E-state index contributed by atoms with van der Waals surface area (Å²) in [4.78, 5) is 14.5. The monoisotopic (exact) mass is 380 g/mol. The molecule has 3 aromatic rings. The third-order valence-electron chi connectivity index (χ3n) is 3.75. The van der Waals surface area contributed by atoms with Crippen molar-refractivity contribution in [3.8, 4) is 11.5 Å². The SMILES string of the molecule is COc1ccc(NC(=O)Nc2ccccc2Sc2ccccc2)cc1OC. The van der Waals surface area contributed by atoms with E-state index in [2.05, 4.69) is 10.6 Å². The lowest BCUT2D eigenvalue weighted by molar-refractivity contribution is 0.262. The van der Waals surface area contributed by atoms with Crippen molar-refractivity contribution < 1.29 is 14.3 Å². The second-order valence-electron chi connectivity index (χ2n) is 5.56. The molecule has 0 unspecified atom stereocenters. The van der Waals surface area contributed by atoms with Crippen LogP contribution in [-0.2, 0) is 0 Å². The van der Waals surface area contributed by atoms with Crippen LogP contribution in [0.15, 0.2) is 82.6 Å². The van der Waals surface area contributed by atoms with Crippen LogP contribution < -0.4 is 20.1 Å². The standard InChI is InChI=1S/C21H20N2O3S/c1-25-18-13-12-15(14-19(18)26-2)22-21(24)23-17-10-6-7-11-20(17)27-16-8-4-3-5-9-16/h3-14H,1-2H3,(H2,22,23,24). The van der Waals surface area contributed by atoms with Crippen LogP contribution in [0.1, 0.15) is 0 Å². The number of methoxy groups -OCH3 is 2. The minimum atomic E-state index is -0.330. The van der Waals surface area contributed by atoms with Gasteiger partial charge in [0, 0.05) is 21.5 Å². The molecule has 138 valence electrons. The summed E-state index contributed by atoms with van der Waals surface area (Å²) < 4.78 is 10.5. The van der Waals surface area contributed by atoms with E-state index < -0.39 is 0 Å². The van der Waals surface area contributed by atoms with E-state index in [1.807, 2.05) is 54.6 Å². The molecule has 5 nitrogen and oxygen atoms in total. The van der Waals surface area contributed by atoms with Crippen LogP contribution in [0.3, 0.4) is 0 Å². The van der Waals surface area contributed by atoms with Crippen LogP contribution >= 0.6 is 11.8 Å². The van der Waals surface area contributed by atoms with Crippen LogP contribution in [0.5, 0.6) is 11.5 Å². The lowest BCUT2D eigenvalue weighted by Gasteiger charge is -2.13. The van der Waals surface area contributed by atoms with Crippen LogP contribution in [0.4, 0.5) is 16.2 Å². The first-order valence-corrected chi connectivity index (χ1v) is 9.13. The Morgan fingerprint density at radius 1 is 0.815 bits per heavy atom. The zero-order chi connectivity index (χ0) is 19.1. The van der Waals surface area contributed by atoms with Gasteiger partial charge in [-0.15, -0.1) is 0 Å². The molecule has 0 spiro atoms. The molecule has 0 fully saturated rings. The van der Waals surface area contributed by atoms with Gasteiger partial charge in [0.2, 0.25) is 0 Å². The highest BCUT2D eigenvalue weighted by Crippen LogP contribution is 2.33. The van der Waals surface area contributed by atoms with Gasteiger partial charge in [0.15, 0.2) is 11.5 Å². The quantitative estimate of drug-likeness (QED) is 0.593. The van der Waals surface area contributed by atoms with Crippen LogP contribution in [0.2, 0.25) is 0 Å². The molecule has 0 saturated carbocycles. The number of anilines is 2. The maximum Gasteiger partial charge on any atom is 0.323 e. The number of para-hydroxylation sites is 1. The Kier molecular flexibility index (Phi) is 6.22. The Bertz CT molecular complexity index is 916. The van der Waals surface area contributed by atoms with Crippen molar-refractivity contribution in [1.29, 1.82) is 0 Å². The van der Waals surface area contributed by atoms with Crippen molar-refractivity contribution in [3.05, 3.63) is 72.8 Å². The number of amides is 2. The number of rotatable bonds is 6. The molecule has 0 radical (unpaired) electrons. The van der Waals surface area contributed by atoms with Crippen molar-refractivity contribution in [2.24, 2.45) is 0 Å². The summed E-state index contributed by atoms with van der Waals surface area (Å²) in [6.45, 7) is 0. The first-order valence-electron chi connectivity index (χ1n) is 8.31. The van der Waals surface area contributed by atoms with Gasteiger partial charge in [0.05, 0.1) is 19.9 Å². The molecule has 0 aliphatic rings. The molecule has 2 amide bonds. The maximum atomic E-state index is 12.4. The Hall–Kier alpha value is -3.12. The Labute approximate surface area is 162 Å². The predicted octanol–water partition coefficient (Wildman–Crippen LogP) is 5.50. The summed E-state index contributed by atoms with van der Waals surface area (Å²) in [6, 6.07) is 22.6. The van der Waals surface area contributed by atoms with E-state index in [4.69, 9.17) is 9.47 Å². The van der Waals surface area contributed by atoms with Crippen LogP contribution in [-0.4, -0.2) is 20.3 Å². The summed E-state index contributed by atoms with van der Waals surface area (Å²) >= 11 is 1.59. The van der Waals surface area contributed by atoms with Gasteiger partial charge >= 0.3 is 6.03 Å². The smallest absolute Gasteiger partial charge is 0.323 e. The molecule has 3 aromatic carbocycles. The van der Waals surface area contributed by atoms with Gasteiger partial charge in [0.1, 0.15) is 0 Å². The molecule has 0 aliphatic heterocycles. The molecule has 6 heteroatoms. The first-order chi connectivity index (χ1) is 13.2. The Morgan fingerprint density at radius 2 is 1.52 bits per heavy atom. The molecule has 0 heterocycles. The van der Waals surface area contributed by atoms with Crippen molar-refractivity contribution in [2.45, 2.75) is 9.79 Å². The molecular weight excluding hydrogens is 360 g/mol.